The van der Waals surface area contributed by atoms with Crippen molar-refractivity contribution in [2.45, 2.75) is 57.7 Å². The summed E-state index contributed by atoms with van der Waals surface area (Å²) in [5.74, 6) is -0.980. The van der Waals surface area contributed by atoms with Crippen LogP contribution in [0.4, 0.5) is 4.79 Å². The normalized spacial score (nSPS) is 22.2. The van der Waals surface area contributed by atoms with Crippen LogP contribution >= 0.6 is 0 Å². The molecule has 1 aromatic rings. The Morgan fingerprint density at radius 2 is 1.82 bits per heavy atom. The Morgan fingerprint density at radius 1 is 1.18 bits per heavy atom. The van der Waals surface area contributed by atoms with Gasteiger partial charge in [0.1, 0.15) is 11.6 Å². The number of aliphatic carboxylic acids is 1. The number of carbonyl (C=O) groups is 2. The predicted octanol–water partition coefficient (Wildman–Crippen LogP) is 3.60. The summed E-state index contributed by atoms with van der Waals surface area (Å²) in [7, 11) is 0. The van der Waals surface area contributed by atoms with E-state index in [4.69, 9.17) is 4.74 Å². The van der Waals surface area contributed by atoms with Crippen molar-refractivity contribution in [3.63, 3.8) is 0 Å². The largest absolute Gasteiger partial charge is 0.480 e. The zero-order chi connectivity index (χ0) is 16.3. The van der Waals surface area contributed by atoms with Crippen molar-refractivity contribution < 1.29 is 19.4 Å². The van der Waals surface area contributed by atoms with Crippen molar-refractivity contribution in [2.24, 2.45) is 0 Å². The van der Waals surface area contributed by atoms with Crippen LogP contribution in [-0.2, 0) is 9.53 Å². The average Bonchev–Trinajstić information content (AvgIpc) is 2.45. The second-order valence-electron chi connectivity index (χ2n) is 6.60. The molecule has 0 bridgehead atoms. The van der Waals surface area contributed by atoms with Gasteiger partial charge in [-0.25, -0.2) is 9.59 Å². The SMILES string of the molecule is CC(C)(C)OC(=O)N1[C@@H](c2ccccc2)CCC[C@H]1C(=O)O. The first-order valence-electron chi connectivity index (χ1n) is 7.58. The van der Waals surface area contributed by atoms with E-state index < -0.39 is 23.7 Å². The van der Waals surface area contributed by atoms with Gasteiger partial charge in [-0.1, -0.05) is 30.3 Å². The molecular weight excluding hydrogens is 282 g/mol. The molecule has 2 rings (SSSR count). The van der Waals surface area contributed by atoms with Crippen molar-refractivity contribution in [1.82, 2.24) is 4.90 Å². The monoisotopic (exact) mass is 305 g/mol. The molecule has 0 spiro atoms. The minimum Gasteiger partial charge on any atom is -0.480 e. The number of ether oxygens (including phenoxy) is 1. The zero-order valence-corrected chi connectivity index (χ0v) is 13.3. The fourth-order valence-electron chi connectivity index (χ4n) is 2.81. The standard InChI is InChI=1S/C17H23NO4/c1-17(2,3)22-16(21)18-13(12-8-5-4-6-9-12)10-7-11-14(18)15(19)20/h4-6,8-9,13-14H,7,10-11H2,1-3H3,(H,19,20)/t13-,14+/m1/s1. The van der Waals surface area contributed by atoms with Crippen molar-refractivity contribution in [3.8, 4) is 0 Å². The minimum atomic E-state index is -0.980. The summed E-state index contributed by atoms with van der Waals surface area (Å²) in [5, 5.41) is 9.47. The number of hydrogen-bond acceptors (Lipinski definition) is 3. The number of rotatable bonds is 2. The van der Waals surface area contributed by atoms with E-state index in [1.807, 2.05) is 30.3 Å². The number of amides is 1. The van der Waals surface area contributed by atoms with Gasteiger partial charge in [0.2, 0.25) is 0 Å². The molecule has 22 heavy (non-hydrogen) atoms. The lowest BCUT2D eigenvalue weighted by atomic mass is 9.91. The van der Waals surface area contributed by atoms with Crippen molar-refractivity contribution in [2.75, 3.05) is 0 Å². The number of carboxylic acid groups (broad SMARTS) is 1. The molecule has 5 heteroatoms. The summed E-state index contributed by atoms with van der Waals surface area (Å²) in [6.45, 7) is 5.34. The highest BCUT2D eigenvalue weighted by molar-refractivity contribution is 5.80. The van der Waals surface area contributed by atoms with Gasteiger partial charge in [-0.15, -0.1) is 0 Å². The topological polar surface area (TPSA) is 66.8 Å². The lowest BCUT2D eigenvalue weighted by Gasteiger charge is -2.40. The summed E-state index contributed by atoms with van der Waals surface area (Å²) in [5.41, 5.74) is 0.290. The third kappa shape index (κ3) is 3.78. The van der Waals surface area contributed by atoms with Crippen LogP contribution in [0.5, 0.6) is 0 Å². The molecule has 120 valence electrons. The Balaban J connectivity index is 2.33. The molecule has 0 radical (unpaired) electrons. The lowest BCUT2D eigenvalue weighted by molar-refractivity contribution is -0.145. The van der Waals surface area contributed by atoms with E-state index in [0.717, 1.165) is 18.4 Å². The highest BCUT2D eigenvalue weighted by atomic mass is 16.6. The lowest BCUT2D eigenvalue weighted by Crippen LogP contribution is -2.51. The molecule has 2 atom stereocenters. The number of piperidine rings is 1. The molecule has 1 aliphatic heterocycles. The highest BCUT2D eigenvalue weighted by Gasteiger charge is 2.40. The molecule has 1 amide bonds. The summed E-state index contributed by atoms with van der Waals surface area (Å²) < 4.78 is 5.43. The molecule has 1 fully saturated rings. The summed E-state index contributed by atoms with van der Waals surface area (Å²) in [6, 6.07) is 8.44. The molecule has 1 N–H and O–H groups in total. The first-order chi connectivity index (χ1) is 10.3. The average molecular weight is 305 g/mol. The molecule has 0 unspecified atom stereocenters. The zero-order valence-electron chi connectivity index (χ0n) is 13.3. The van der Waals surface area contributed by atoms with Gasteiger partial charge in [0, 0.05) is 0 Å². The van der Waals surface area contributed by atoms with E-state index in [9.17, 15) is 14.7 Å². The van der Waals surface area contributed by atoms with Crippen LogP contribution in [0.15, 0.2) is 30.3 Å². The van der Waals surface area contributed by atoms with Gasteiger partial charge >= 0.3 is 12.1 Å². The molecule has 1 aromatic carbocycles. The fourth-order valence-corrected chi connectivity index (χ4v) is 2.81. The van der Waals surface area contributed by atoms with Crippen LogP contribution in [0.3, 0.4) is 0 Å². The Kier molecular flexibility index (Phi) is 4.74. The summed E-state index contributed by atoms with van der Waals surface area (Å²) >= 11 is 0. The third-order valence-electron chi connectivity index (χ3n) is 3.70. The van der Waals surface area contributed by atoms with Crippen LogP contribution < -0.4 is 0 Å². The van der Waals surface area contributed by atoms with Crippen molar-refractivity contribution in [3.05, 3.63) is 35.9 Å². The van der Waals surface area contributed by atoms with Gasteiger partial charge in [-0.3, -0.25) is 4.90 Å². The van der Waals surface area contributed by atoms with Gasteiger partial charge in [0.05, 0.1) is 6.04 Å². The number of carbonyl (C=O) groups excluding carboxylic acids is 1. The highest BCUT2D eigenvalue weighted by Crippen LogP contribution is 2.35. The summed E-state index contributed by atoms with van der Waals surface area (Å²) in [6.07, 6.45) is 1.41. The van der Waals surface area contributed by atoms with Crippen molar-refractivity contribution >= 4 is 12.1 Å². The van der Waals surface area contributed by atoms with E-state index in [1.165, 1.54) is 4.90 Å². The van der Waals surface area contributed by atoms with E-state index >= 15 is 0 Å². The molecule has 1 heterocycles. The Bertz CT molecular complexity index is 535. The first kappa shape index (κ1) is 16.3. The van der Waals surface area contributed by atoms with Crippen LogP contribution in [0.1, 0.15) is 51.6 Å². The van der Waals surface area contributed by atoms with Gasteiger partial charge in [-0.2, -0.15) is 0 Å². The van der Waals surface area contributed by atoms with Crippen LogP contribution in [-0.4, -0.2) is 33.7 Å². The Labute approximate surface area is 130 Å². The first-order valence-corrected chi connectivity index (χ1v) is 7.58. The molecule has 1 saturated heterocycles. The second kappa shape index (κ2) is 6.38. The molecule has 0 aliphatic carbocycles. The van der Waals surface area contributed by atoms with Crippen LogP contribution in [0.25, 0.3) is 0 Å². The van der Waals surface area contributed by atoms with Crippen molar-refractivity contribution in [1.29, 1.82) is 0 Å². The van der Waals surface area contributed by atoms with Crippen LogP contribution in [0, 0.1) is 0 Å². The number of hydrogen-bond donors (Lipinski definition) is 1. The number of nitrogens with zero attached hydrogens (tertiary/aromatic N) is 1. The van der Waals surface area contributed by atoms with E-state index in [0.29, 0.717) is 6.42 Å². The molecule has 5 nitrogen and oxygen atoms in total. The molecule has 1 aliphatic rings. The number of carboxylic acids is 1. The smallest absolute Gasteiger partial charge is 0.411 e. The third-order valence-corrected chi connectivity index (χ3v) is 3.70. The van der Waals surface area contributed by atoms with Gasteiger partial charge in [-0.05, 0) is 45.6 Å². The van der Waals surface area contributed by atoms with Gasteiger partial charge in [0.25, 0.3) is 0 Å². The molecular formula is C17H23NO4. The second-order valence-corrected chi connectivity index (χ2v) is 6.60. The fraction of sp³-hybridized carbons (Fsp3) is 0.529. The quantitative estimate of drug-likeness (QED) is 0.906. The van der Waals surface area contributed by atoms with E-state index in [-0.39, 0.29) is 6.04 Å². The maximum absolute atomic E-state index is 12.6. The van der Waals surface area contributed by atoms with E-state index in [1.54, 1.807) is 20.8 Å². The Morgan fingerprint density at radius 3 is 2.36 bits per heavy atom. The summed E-state index contributed by atoms with van der Waals surface area (Å²) in [4.78, 5) is 25.5. The Hall–Kier alpha value is -2.04. The van der Waals surface area contributed by atoms with E-state index in [2.05, 4.69) is 0 Å². The molecule has 0 saturated carbocycles. The molecule has 0 aromatic heterocycles. The van der Waals surface area contributed by atoms with Crippen LogP contribution in [0.2, 0.25) is 0 Å². The van der Waals surface area contributed by atoms with Gasteiger partial charge < -0.3 is 9.84 Å². The maximum atomic E-state index is 12.6. The number of likely N-dealkylation sites (tertiary alicyclic amines) is 1. The predicted molar refractivity (Wildman–Crippen MR) is 82.5 cm³/mol. The minimum absolute atomic E-state index is 0.258. The maximum Gasteiger partial charge on any atom is 0.411 e. The number of benzene rings is 1. The van der Waals surface area contributed by atoms with Gasteiger partial charge in [0.15, 0.2) is 0 Å².